The second-order valence-corrected chi connectivity index (χ2v) is 4.63. The topological polar surface area (TPSA) is 55.8 Å². The minimum Gasteiger partial charge on any atom is -0.459 e. The number of hydrogen-bond acceptors (Lipinski definition) is 4. The second kappa shape index (κ2) is 3.06. The standard InChI is InChI=1S/C11H14O4/c1-2-8(12)14-9-5-3-6-7(4-5)11(13)15-10(6)9/h2,5-10,12H,1,3-4H2. The number of fused-ring (bicyclic) bond motifs is 1. The third kappa shape index (κ3) is 1.18. The molecule has 6 atom stereocenters. The van der Waals surface area contributed by atoms with E-state index in [0.29, 0.717) is 11.8 Å². The highest BCUT2D eigenvalue weighted by Gasteiger charge is 2.62. The zero-order valence-electron chi connectivity index (χ0n) is 8.33. The van der Waals surface area contributed by atoms with Crippen molar-refractivity contribution in [2.24, 2.45) is 17.8 Å². The number of ether oxygens (including phenoxy) is 2. The first-order valence-electron chi connectivity index (χ1n) is 5.37. The molecule has 4 nitrogen and oxygen atoms in total. The van der Waals surface area contributed by atoms with E-state index in [9.17, 15) is 9.90 Å². The second-order valence-electron chi connectivity index (χ2n) is 4.63. The summed E-state index contributed by atoms with van der Waals surface area (Å²) < 4.78 is 10.7. The molecule has 0 aromatic rings. The highest BCUT2D eigenvalue weighted by molar-refractivity contribution is 5.76. The minimum atomic E-state index is -0.952. The summed E-state index contributed by atoms with van der Waals surface area (Å²) in [6, 6.07) is 0. The maximum absolute atomic E-state index is 11.4. The van der Waals surface area contributed by atoms with Gasteiger partial charge in [0.1, 0.15) is 12.2 Å². The molecular weight excluding hydrogens is 196 g/mol. The summed E-state index contributed by atoms with van der Waals surface area (Å²) >= 11 is 0. The molecule has 15 heavy (non-hydrogen) atoms. The molecule has 2 saturated carbocycles. The number of esters is 1. The van der Waals surface area contributed by atoms with Crippen molar-refractivity contribution >= 4 is 5.97 Å². The van der Waals surface area contributed by atoms with E-state index in [1.54, 1.807) is 0 Å². The van der Waals surface area contributed by atoms with Crippen molar-refractivity contribution in [2.45, 2.75) is 31.3 Å². The van der Waals surface area contributed by atoms with Gasteiger partial charge in [-0.2, -0.15) is 0 Å². The van der Waals surface area contributed by atoms with Gasteiger partial charge in [0.15, 0.2) is 6.29 Å². The molecule has 4 heteroatoms. The van der Waals surface area contributed by atoms with E-state index < -0.39 is 6.29 Å². The molecule has 2 bridgehead atoms. The lowest BCUT2D eigenvalue weighted by Gasteiger charge is -2.26. The predicted molar refractivity (Wildman–Crippen MR) is 50.7 cm³/mol. The molecule has 1 aliphatic heterocycles. The van der Waals surface area contributed by atoms with Gasteiger partial charge in [0.25, 0.3) is 0 Å². The molecule has 1 saturated heterocycles. The number of aliphatic hydroxyl groups is 1. The van der Waals surface area contributed by atoms with E-state index in [2.05, 4.69) is 6.58 Å². The van der Waals surface area contributed by atoms with Gasteiger partial charge in [0.2, 0.25) is 0 Å². The average Bonchev–Trinajstić information content (AvgIpc) is 2.81. The molecule has 82 valence electrons. The van der Waals surface area contributed by atoms with Crippen LogP contribution in [0.3, 0.4) is 0 Å². The lowest BCUT2D eigenvalue weighted by atomic mass is 9.88. The monoisotopic (exact) mass is 210 g/mol. The molecule has 6 unspecified atom stereocenters. The van der Waals surface area contributed by atoms with E-state index in [1.165, 1.54) is 6.08 Å². The van der Waals surface area contributed by atoms with Crippen molar-refractivity contribution in [1.82, 2.24) is 0 Å². The fourth-order valence-electron chi connectivity index (χ4n) is 3.31. The number of aliphatic hydroxyl groups excluding tert-OH is 1. The van der Waals surface area contributed by atoms with Gasteiger partial charge in [-0.1, -0.05) is 6.58 Å². The van der Waals surface area contributed by atoms with Crippen LogP contribution in [-0.2, 0) is 14.3 Å². The summed E-state index contributed by atoms with van der Waals surface area (Å²) in [4.78, 5) is 11.4. The summed E-state index contributed by atoms with van der Waals surface area (Å²) in [5.41, 5.74) is 0. The van der Waals surface area contributed by atoms with Gasteiger partial charge in [-0.05, 0) is 24.8 Å². The first-order chi connectivity index (χ1) is 7.20. The van der Waals surface area contributed by atoms with Crippen molar-refractivity contribution < 1.29 is 19.4 Å². The molecule has 0 aromatic heterocycles. The van der Waals surface area contributed by atoms with Gasteiger partial charge >= 0.3 is 5.97 Å². The van der Waals surface area contributed by atoms with Crippen LogP contribution < -0.4 is 0 Å². The Kier molecular flexibility index (Phi) is 1.91. The smallest absolute Gasteiger partial charge is 0.309 e. The SMILES string of the molecule is C=CC(O)OC1C2CC3C(=O)OC1C3C2. The van der Waals surface area contributed by atoms with E-state index in [0.717, 1.165) is 12.8 Å². The summed E-state index contributed by atoms with van der Waals surface area (Å²) in [6.07, 6.45) is 1.98. The zero-order valence-corrected chi connectivity index (χ0v) is 8.33. The fraction of sp³-hybridized carbons (Fsp3) is 0.727. The number of rotatable bonds is 3. The van der Waals surface area contributed by atoms with E-state index in [-0.39, 0.29) is 24.1 Å². The summed E-state index contributed by atoms with van der Waals surface area (Å²) in [5, 5.41) is 9.36. The van der Waals surface area contributed by atoms with Crippen LogP contribution in [0, 0.1) is 17.8 Å². The predicted octanol–water partition coefficient (Wildman–Crippen LogP) is 0.457. The van der Waals surface area contributed by atoms with Gasteiger partial charge in [-0.3, -0.25) is 4.79 Å². The van der Waals surface area contributed by atoms with Crippen LogP contribution in [0.15, 0.2) is 12.7 Å². The Hall–Kier alpha value is -0.870. The highest BCUT2D eigenvalue weighted by atomic mass is 16.6. The van der Waals surface area contributed by atoms with Crippen molar-refractivity contribution in [2.75, 3.05) is 0 Å². The van der Waals surface area contributed by atoms with Crippen LogP contribution in [0.5, 0.6) is 0 Å². The van der Waals surface area contributed by atoms with Crippen LogP contribution in [0.25, 0.3) is 0 Å². The van der Waals surface area contributed by atoms with Crippen molar-refractivity contribution in [3.8, 4) is 0 Å². The quantitative estimate of drug-likeness (QED) is 0.417. The molecular formula is C11H14O4. The Morgan fingerprint density at radius 3 is 3.13 bits per heavy atom. The summed E-state index contributed by atoms with van der Waals surface area (Å²) in [7, 11) is 0. The Morgan fingerprint density at radius 1 is 1.60 bits per heavy atom. The molecule has 2 aliphatic carbocycles. The Bertz CT molecular complexity index is 314. The van der Waals surface area contributed by atoms with Gasteiger partial charge in [-0.15, -0.1) is 0 Å². The minimum absolute atomic E-state index is 0.0771. The van der Waals surface area contributed by atoms with Gasteiger partial charge in [-0.25, -0.2) is 0 Å². The maximum Gasteiger partial charge on any atom is 0.309 e. The molecule has 3 rings (SSSR count). The lowest BCUT2D eigenvalue weighted by molar-refractivity contribution is -0.162. The third-order valence-electron chi connectivity index (χ3n) is 3.91. The first kappa shape index (κ1) is 9.36. The highest BCUT2D eigenvalue weighted by Crippen LogP contribution is 2.55. The van der Waals surface area contributed by atoms with Crippen molar-refractivity contribution in [1.29, 1.82) is 0 Å². The maximum atomic E-state index is 11.4. The lowest BCUT2D eigenvalue weighted by Crippen LogP contribution is -2.36. The van der Waals surface area contributed by atoms with Gasteiger partial charge in [0, 0.05) is 5.92 Å². The molecule has 0 spiro atoms. The van der Waals surface area contributed by atoms with Gasteiger partial charge < -0.3 is 14.6 Å². The van der Waals surface area contributed by atoms with Crippen LogP contribution >= 0.6 is 0 Å². The molecule has 0 amide bonds. The van der Waals surface area contributed by atoms with Crippen molar-refractivity contribution in [3.05, 3.63) is 12.7 Å². The third-order valence-corrected chi connectivity index (χ3v) is 3.91. The summed E-state index contributed by atoms with van der Waals surface area (Å²) in [6.45, 7) is 3.46. The number of hydrogen-bond donors (Lipinski definition) is 1. The first-order valence-corrected chi connectivity index (χ1v) is 5.37. The van der Waals surface area contributed by atoms with E-state index >= 15 is 0 Å². The van der Waals surface area contributed by atoms with Crippen molar-refractivity contribution in [3.63, 3.8) is 0 Å². The van der Waals surface area contributed by atoms with Crippen LogP contribution in [0.1, 0.15) is 12.8 Å². The number of carbonyl (C=O) groups excluding carboxylic acids is 1. The van der Waals surface area contributed by atoms with Crippen LogP contribution in [0.2, 0.25) is 0 Å². The molecule has 3 fully saturated rings. The zero-order chi connectivity index (χ0) is 10.6. The van der Waals surface area contributed by atoms with Crippen LogP contribution in [0.4, 0.5) is 0 Å². The average molecular weight is 210 g/mol. The Labute approximate surface area is 87.9 Å². The van der Waals surface area contributed by atoms with E-state index in [4.69, 9.17) is 9.47 Å². The normalized spacial score (nSPS) is 48.1. The molecule has 3 aliphatic rings. The Morgan fingerprint density at radius 2 is 2.40 bits per heavy atom. The molecule has 0 aromatic carbocycles. The largest absolute Gasteiger partial charge is 0.459 e. The summed E-state index contributed by atoms with van der Waals surface area (Å²) in [5.74, 6) is 0.711. The molecule has 1 N–H and O–H groups in total. The fourth-order valence-corrected chi connectivity index (χ4v) is 3.31. The molecule has 1 heterocycles. The Balaban J connectivity index is 1.78. The number of carbonyl (C=O) groups is 1. The van der Waals surface area contributed by atoms with Gasteiger partial charge in [0.05, 0.1) is 5.92 Å². The molecule has 0 radical (unpaired) electrons. The van der Waals surface area contributed by atoms with E-state index in [1.807, 2.05) is 0 Å². The van der Waals surface area contributed by atoms with Crippen LogP contribution in [-0.4, -0.2) is 29.6 Å².